The first-order chi connectivity index (χ1) is 6.15. The largest absolute Gasteiger partial charge is 0.481 e. The van der Waals surface area contributed by atoms with E-state index in [1.165, 1.54) is 0 Å². The maximum absolute atomic E-state index is 10.3. The summed E-state index contributed by atoms with van der Waals surface area (Å²) in [6.07, 6.45) is 1.39. The molecule has 0 saturated heterocycles. The second kappa shape index (κ2) is 3.74. The highest BCUT2D eigenvalue weighted by Gasteiger charge is 2.14. The smallest absolute Gasteiger partial charge is 0.305 e. The van der Waals surface area contributed by atoms with Crippen molar-refractivity contribution in [1.82, 2.24) is 4.98 Å². The molecule has 1 aromatic rings. The van der Waals surface area contributed by atoms with Crippen LogP contribution in [0.1, 0.15) is 23.7 Å². The van der Waals surface area contributed by atoms with Crippen molar-refractivity contribution < 1.29 is 9.90 Å². The summed E-state index contributed by atoms with van der Waals surface area (Å²) < 4.78 is 0. The van der Waals surface area contributed by atoms with Crippen LogP contribution in [0.4, 0.5) is 0 Å². The van der Waals surface area contributed by atoms with Gasteiger partial charge in [-0.05, 0) is 6.07 Å². The number of H-pyrrole nitrogens is 1. The summed E-state index contributed by atoms with van der Waals surface area (Å²) in [6.45, 7) is 0. The van der Waals surface area contributed by atoms with Gasteiger partial charge in [-0.2, -0.15) is 5.26 Å². The number of carbonyl (C=O) groups is 1. The lowest BCUT2D eigenvalue weighted by atomic mass is 10.1. The van der Waals surface area contributed by atoms with E-state index in [1.54, 1.807) is 12.3 Å². The molecule has 0 amide bonds. The molecule has 0 spiro atoms. The van der Waals surface area contributed by atoms with Gasteiger partial charge in [0.1, 0.15) is 11.8 Å². The van der Waals surface area contributed by atoms with Gasteiger partial charge >= 0.3 is 5.97 Å². The fourth-order valence-corrected chi connectivity index (χ4v) is 1.09. The zero-order chi connectivity index (χ0) is 9.84. The van der Waals surface area contributed by atoms with Crippen LogP contribution >= 0.6 is 0 Å². The number of hydrogen-bond donors (Lipinski definition) is 3. The number of aromatic amines is 1. The highest BCUT2D eigenvalue weighted by Crippen LogP contribution is 2.16. The van der Waals surface area contributed by atoms with Crippen molar-refractivity contribution in [3.63, 3.8) is 0 Å². The predicted octanol–water partition coefficient (Wildman–Crippen LogP) is 0.361. The summed E-state index contributed by atoms with van der Waals surface area (Å²) in [5.41, 5.74) is 6.44. The van der Waals surface area contributed by atoms with Gasteiger partial charge in [-0.1, -0.05) is 0 Å². The maximum atomic E-state index is 10.3. The lowest BCUT2D eigenvalue weighted by molar-refractivity contribution is -0.137. The number of aromatic nitrogens is 1. The van der Waals surface area contributed by atoms with E-state index in [9.17, 15) is 4.79 Å². The van der Waals surface area contributed by atoms with Crippen molar-refractivity contribution in [1.29, 1.82) is 5.26 Å². The van der Waals surface area contributed by atoms with Crippen LogP contribution in [-0.4, -0.2) is 16.1 Å². The lowest BCUT2D eigenvalue weighted by Gasteiger charge is -2.06. The summed E-state index contributed by atoms with van der Waals surface area (Å²) in [7, 11) is 0. The molecule has 4 N–H and O–H groups in total. The van der Waals surface area contributed by atoms with Gasteiger partial charge in [0.25, 0.3) is 0 Å². The summed E-state index contributed by atoms with van der Waals surface area (Å²) in [5.74, 6) is -0.974. The zero-order valence-electron chi connectivity index (χ0n) is 6.82. The van der Waals surface area contributed by atoms with Gasteiger partial charge in [0.15, 0.2) is 0 Å². The van der Waals surface area contributed by atoms with E-state index in [-0.39, 0.29) is 6.42 Å². The Morgan fingerprint density at radius 3 is 3.08 bits per heavy atom. The summed E-state index contributed by atoms with van der Waals surface area (Å²) in [6, 6.07) is 2.89. The Hall–Kier alpha value is -1.80. The van der Waals surface area contributed by atoms with Crippen LogP contribution in [0, 0.1) is 11.3 Å². The fraction of sp³-hybridized carbons (Fsp3) is 0.250. The number of nitrogens with two attached hydrogens (primary N) is 1. The molecule has 5 heteroatoms. The normalized spacial score (nSPS) is 12.0. The molecule has 1 rings (SSSR count). The van der Waals surface area contributed by atoms with Crippen molar-refractivity contribution in [2.75, 3.05) is 0 Å². The van der Waals surface area contributed by atoms with Gasteiger partial charge in [0.2, 0.25) is 0 Å². The Morgan fingerprint density at radius 1 is 1.85 bits per heavy atom. The van der Waals surface area contributed by atoms with Crippen LogP contribution in [-0.2, 0) is 4.79 Å². The lowest BCUT2D eigenvalue weighted by Crippen LogP contribution is -2.15. The first kappa shape index (κ1) is 9.29. The van der Waals surface area contributed by atoms with Gasteiger partial charge in [-0.3, -0.25) is 4.79 Å². The molecule has 0 bridgehead atoms. The number of nitrogens with zero attached hydrogens (tertiary/aromatic N) is 1. The number of aliphatic carboxylic acids is 1. The average Bonchev–Trinajstić information content (AvgIpc) is 2.49. The van der Waals surface area contributed by atoms with Crippen molar-refractivity contribution in [3.05, 3.63) is 23.5 Å². The molecule has 0 aromatic carbocycles. The fourth-order valence-electron chi connectivity index (χ4n) is 1.09. The Labute approximate surface area is 74.8 Å². The first-order valence-corrected chi connectivity index (χ1v) is 3.70. The van der Waals surface area contributed by atoms with Gasteiger partial charge in [0.05, 0.1) is 6.42 Å². The Kier molecular flexibility index (Phi) is 2.67. The van der Waals surface area contributed by atoms with E-state index >= 15 is 0 Å². The molecule has 0 radical (unpaired) electrons. The molecular weight excluding hydrogens is 170 g/mol. The summed E-state index contributed by atoms with van der Waals surface area (Å²) in [4.78, 5) is 13.0. The van der Waals surface area contributed by atoms with Crippen LogP contribution in [0.5, 0.6) is 0 Å². The van der Waals surface area contributed by atoms with Crippen LogP contribution in [0.2, 0.25) is 0 Å². The summed E-state index contributed by atoms with van der Waals surface area (Å²) in [5, 5.41) is 17.1. The van der Waals surface area contributed by atoms with Gasteiger partial charge in [-0.25, -0.2) is 0 Å². The number of rotatable bonds is 3. The number of nitriles is 1. The molecule has 1 aromatic heterocycles. The van der Waals surface area contributed by atoms with E-state index in [2.05, 4.69) is 4.98 Å². The molecular formula is C8H9N3O2. The van der Waals surface area contributed by atoms with E-state index in [4.69, 9.17) is 16.1 Å². The van der Waals surface area contributed by atoms with Crippen molar-refractivity contribution in [2.24, 2.45) is 5.73 Å². The second-order valence-electron chi connectivity index (χ2n) is 2.62. The SMILES string of the molecule is N#Cc1[nH]ccc1[C@H](N)CC(=O)O. The molecule has 0 aliphatic rings. The number of carboxylic acids is 1. The summed E-state index contributed by atoms with van der Waals surface area (Å²) >= 11 is 0. The second-order valence-corrected chi connectivity index (χ2v) is 2.62. The van der Waals surface area contributed by atoms with Crippen LogP contribution in [0.3, 0.4) is 0 Å². The first-order valence-electron chi connectivity index (χ1n) is 3.70. The molecule has 5 nitrogen and oxygen atoms in total. The highest BCUT2D eigenvalue weighted by molar-refractivity contribution is 5.68. The third kappa shape index (κ3) is 2.07. The molecule has 0 aliphatic heterocycles. The Morgan fingerprint density at radius 2 is 2.54 bits per heavy atom. The van der Waals surface area contributed by atoms with Gasteiger partial charge in [-0.15, -0.1) is 0 Å². The van der Waals surface area contributed by atoms with Gasteiger partial charge in [0, 0.05) is 17.8 Å². The molecule has 0 fully saturated rings. The molecule has 1 atom stereocenters. The van der Waals surface area contributed by atoms with Crippen LogP contribution < -0.4 is 5.73 Å². The van der Waals surface area contributed by atoms with E-state index in [1.807, 2.05) is 6.07 Å². The minimum atomic E-state index is -0.974. The Bertz CT molecular complexity index is 351. The average molecular weight is 179 g/mol. The molecule has 13 heavy (non-hydrogen) atoms. The highest BCUT2D eigenvalue weighted by atomic mass is 16.4. The van der Waals surface area contributed by atoms with Gasteiger partial charge < -0.3 is 15.8 Å². The quantitative estimate of drug-likeness (QED) is 0.623. The number of nitrogens with one attached hydrogen (secondary N) is 1. The third-order valence-corrected chi connectivity index (χ3v) is 1.69. The molecule has 68 valence electrons. The number of carboxylic acid groups (broad SMARTS) is 1. The van der Waals surface area contributed by atoms with Crippen molar-refractivity contribution >= 4 is 5.97 Å². The third-order valence-electron chi connectivity index (χ3n) is 1.69. The van der Waals surface area contributed by atoms with E-state index in [0.29, 0.717) is 11.3 Å². The standard InChI is InChI=1S/C8H9N3O2/c9-4-7-5(1-2-11-7)6(10)3-8(12)13/h1-2,6,11H,3,10H2,(H,12,13)/t6-/m1/s1. The molecule has 1 heterocycles. The van der Waals surface area contributed by atoms with Crippen LogP contribution in [0.15, 0.2) is 12.3 Å². The molecule has 0 aliphatic carbocycles. The topological polar surface area (TPSA) is 103 Å². The minimum Gasteiger partial charge on any atom is -0.481 e. The predicted molar refractivity (Wildman–Crippen MR) is 44.7 cm³/mol. The van der Waals surface area contributed by atoms with E-state index in [0.717, 1.165) is 0 Å². The number of hydrogen-bond acceptors (Lipinski definition) is 3. The van der Waals surface area contributed by atoms with Crippen molar-refractivity contribution in [3.8, 4) is 6.07 Å². The molecule has 0 saturated carbocycles. The molecule has 0 unspecified atom stereocenters. The monoisotopic (exact) mass is 179 g/mol. The minimum absolute atomic E-state index is 0.174. The van der Waals surface area contributed by atoms with Crippen molar-refractivity contribution in [2.45, 2.75) is 12.5 Å². The zero-order valence-corrected chi connectivity index (χ0v) is 6.82. The van der Waals surface area contributed by atoms with E-state index < -0.39 is 12.0 Å². The maximum Gasteiger partial charge on any atom is 0.305 e. The van der Waals surface area contributed by atoms with Crippen LogP contribution in [0.25, 0.3) is 0 Å². The Balaban J connectivity index is 2.83.